The van der Waals surface area contributed by atoms with Gasteiger partial charge in [0.25, 0.3) is 5.91 Å². The van der Waals surface area contributed by atoms with Crippen molar-refractivity contribution >= 4 is 5.91 Å². The summed E-state index contributed by atoms with van der Waals surface area (Å²) < 4.78 is 21.3. The van der Waals surface area contributed by atoms with Crippen molar-refractivity contribution in [1.82, 2.24) is 10.5 Å². The van der Waals surface area contributed by atoms with Gasteiger partial charge >= 0.3 is 0 Å². The number of furan rings is 3. The Morgan fingerprint density at radius 1 is 0.960 bits per heavy atom. The molecule has 7 nitrogen and oxygen atoms in total. The molecule has 0 fully saturated rings. The van der Waals surface area contributed by atoms with Crippen molar-refractivity contribution in [3.05, 3.63) is 78.5 Å². The van der Waals surface area contributed by atoms with E-state index in [0.717, 1.165) is 0 Å². The van der Waals surface area contributed by atoms with E-state index in [-0.39, 0.29) is 17.5 Å². The first kappa shape index (κ1) is 15.1. The Hall–Kier alpha value is -3.48. The van der Waals surface area contributed by atoms with Crippen LogP contribution >= 0.6 is 0 Å². The average Bonchev–Trinajstić information content (AvgIpc) is 3.43. The highest BCUT2D eigenvalue weighted by molar-refractivity contribution is 5.93. The molecule has 0 aliphatic carbocycles. The highest BCUT2D eigenvalue weighted by atomic mass is 16.5. The summed E-state index contributed by atoms with van der Waals surface area (Å²) in [6.07, 6.45) is 4.69. The SMILES string of the molecule is O=C(NCC(c1ccco1)c1ccco1)c1cc(-c2ccco2)on1. The molecule has 1 N–H and O–H groups in total. The smallest absolute Gasteiger partial charge is 0.273 e. The van der Waals surface area contributed by atoms with Crippen molar-refractivity contribution in [1.29, 1.82) is 0 Å². The largest absolute Gasteiger partial charge is 0.469 e. The number of rotatable bonds is 6. The van der Waals surface area contributed by atoms with E-state index in [2.05, 4.69) is 10.5 Å². The predicted molar refractivity (Wildman–Crippen MR) is 85.8 cm³/mol. The Balaban J connectivity index is 1.47. The van der Waals surface area contributed by atoms with Gasteiger partial charge in [0.15, 0.2) is 11.5 Å². The van der Waals surface area contributed by atoms with Crippen LogP contribution in [0.25, 0.3) is 11.5 Å². The number of nitrogens with zero attached hydrogens (tertiary/aromatic N) is 1. The van der Waals surface area contributed by atoms with Crippen LogP contribution in [-0.2, 0) is 0 Å². The third kappa shape index (κ3) is 3.12. The Labute approximate surface area is 142 Å². The second-order valence-corrected chi connectivity index (χ2v) is 5.35. The Morgan fingerprint density at radius 2 is 1.64 bits per heavy atom. The fourth-order valence-corrected chi connectivity index (χ4v) is 2.52. The Kier molecular flexibility index (Phi) is 3.96. The van der Waals surface area contributed by atoms with Crippen molar-refractivity contribution in [3.63, 3.8) is 0 Å². The summed E-state index contributed by atoms with van der Waals surface area (Å²) in [5, 5.41) is 6.60. The highest BCUT2D eigenvalue weighted by Crippen LogP contribution is 2.25. The van der Waals surface area contributed by atoms with Crippen LogP contribution in [-0.4, -0.2) is 17.6 Å². The molecule has 4 aromatic heterocycles. The van der Waals surface area contributed by atoms with Crippen molar-refractivity contribution in [3.8, 4) is 11.5 Å². The van der Waals surface area contributed by atoms with Gasteiger partial charge in [-0.25, -0.2) is 0 Å². The zero-order valence-corrected chi connectivity index (χ0v) is 13.0. The average molecular weight is 338 g/mol. The molecule has 0 atom stereocenters. The second kappa shape index (κ2) is 6.56. The van der Waals surface area contributed by atoms with Crippen molar-refractivity contribution in [2.75, 3.05) is 6.54 Å². The van der Waals surface area contributed by atoms with Gasteiger partial charge in [0, 0.05) is 12.6 Å². The quantitative estimate of drug-likeness (QED) is 0.576. The van der Waals surface area contributed by atoms with Crippen LogP contribution in [0, 0.1) is 0 Å². The van der Waals surface area contributed by atoms with Crippen LogP contribution in [0.5, 0.6) is 0 Å². The molecule has 0 spiro atoms. The molecule has 0 aliphatic heterocycles. The Bertz CT molecular complexity index is 886. The summed E-state index contributed by atoms with van der Waals surface area (Å²) in [4.78, 5) is 12.3. The number of hydrogen-bond donors (Lipinski definition) is 1. The normalized spacial score (nSPS) is 11.1. The second-order valence-electron chi connectivity index (χ2n) is 5.35. The van der Waals surface area contributed by atoms with E-state index < -0.39 is 0 Å². The molecule has 0 aliphatic rings. The molecule has 4 heterocycles. The lowest BCUT2D eigenvalue weighted by Crippen LogP contribution is -2.28. The summed E-state index contributed by atoms with van der Waals surface area (Å²) >= 11 is 0. The van der Waals surface area contributed by atoms with E-state index in [4.69, 9.17) is 17.8 Å². The molecule has 4 aromatic rings. The number of carbonyl (C=O) groups excluding carboxylic acids is 1. The molecule has 0 bridgehead atoms. The van der Waals surface area contributed by atoms with Crippen LogP contribution in [0.3, 0.4) is 0 Å². The van der Waals surface area contributed by atoms with Crippen LogP contribution in [0.2, 0.25) is 0 Å². The topological polar surface area (TPSA) is 94.6 Å². The maximum Gasteiger partial charge on any atom is 0.273 e. The van der Waals surface area contributed by atoms with E-state index in [0.29, 0.717) is 29.6 Å². The fraction of sp³-hybridized carbons (Fsp3) is 0.111. The number of hydrogen-bond acceptors (Lipinski definition) is 6. The third-order valence-corrected chi connectivity index (χ3v) is 3.75. The van der Waals surface area contributed by atoms with E-state index in [9.17, 15) is 4.79 Å². The summed E-state index contributed by atoms with van der Waals surface area (Å²) in [7, 11) is 0. The standard InChI is InChI=1S/C18H14N2O5/c21-18(13-10-17(25-20-13)16-6-3-9-24-16)19-11-12(14-4-1-7-22-14)15-5-2-8-23-15/h1-10,12H,11H2,(H,19,21). The molecule has 7 heteroatoms. The van der Waals surface area contributed by atoms with Gasteiger partial charge in [0.1, 0.15) is 11.5 Å². The van der Waals surface area contributed by atoms with Crippen LogP contribution in [0.15, 0.2) is 79.0 Å². The van der Waals surface area contributed by atoms with Gasteiger partial charge in [-0.3, -0.25) is 4.79 Å². The van der Waals surface area contributed by atoms with Gasteiger partial charge in [-0.15, -0.1) is 0 Å². The fourth-order valence-electron chi connectivity index (χ4n) is 2.52. The number of carbonyl (C=O) groups is 1. The lowest BCUT2D eigenvalue weighted by molar-refractivity contribution is 0.0942. The van der Waals surface area contributed by atoms with Gasteiger partial charge in [0.2, 0.25) is 5.76 Å². The maximum absolute atomic E-state index is 12.3. The molecular weight excluding hydrogens is 324 g/mol. The minimum absolute atomic E-state index is 0.170. The molecule has 1 amide bonds. The first-order valence-corrected chi connectivity index (χ1v) is 7.67. The molecule has 0 saturated carbocycles. The lowest BCUT2D eigenvalue weighted by Gasteiger charge is -2.12. The molecule has 4 rings (SSSR count). The van der Waals surface area contributed by atoms with E-state index in [1.165, 1.54) is 12.3 Å². The zero-order valence-electron chi connectivity index (χ0n) is 13.0. The summed E-state index contributed by atoms with van der Waals surface area (Å²) in [6, 6.07) is 12.2. The van der Waals surface area contributed by atoms with E-state index in [1.807, 2.05) is 12.1 Å². The van der Waals surface area contributed by atoms with Gasteiger partial charge in [0.05, 0.1) is 24.7 Å². The highest BCUT2D eigenvalue weighted by Gasteiger charge is 2.22. The molecule has 0 aromatic carbocycles. The summed E-state index contributed by atoms with van der Waals surface area (Å²) in [6.45, 7) is 0.294. The van der Waals surface area contributed by atoms with Gasteiger partial charge in [-0.2, -0.15) is 0 Å². The minimum atomic E-state index is -0.357. The third-order valence-electron chi connectivity index (χ3n) is 3.75. The molecule has 0 radical (unpaired) electrons. The summed E-state index contributed by atoms with van der Waals surface area (Å²) in [5.41, 5.74) is 0.170. The zero-order chi connectivity index (χ0) is 17.1. The van der Waals surface area contributed by atoms with Crippen LogP contribution < -0.4 is 5.32 Å². The molecule has 25 heavy (non-hydrogen) atoms. The van der Waals surface area contributed by atoms with Crippen molar-refractivity contribution in [2.45, 2.75) is 5.92 Å². The molecule has 0 saturated heterocycles. The predicted octanol–water partition coefficient (Wildman–Crippen LogP) is 3.68. The number of amides is 1. The first-order chi connectivity index (χ1) is 12.3. The number of nitrogens with one attached hydrogen (secondary N) is 1. The van der Waals surface area contributed by atoms with E-state index in [1.54, 1.807) is 36.8 Å². The van der Waals surface area contributed by atoms with Crippen LogP contribution in [0.4, 0.5) is 0 Å². The summed E-state index contributed by atoms with van der Waals surface area (Å²) in [5.74, 6) is 1.72. The molecular formula is C18H14N2O5. The minimum Gasteiger partial charge on any atom is -0.469 e. The van der Waals surface area contributed by atoms with Crippen molar-refractivity contribution < 1.29 is 22.6 Å². The van der Waals surface area contributed by atoms with Gasteiger partial charge in [-0.05, 0) is 36.4 Å². The maximum atomic E-state index is 12.3. The van der Waals surface area contributed by atoms with E-state index >= 15 is 0 Å². The van der Waals surface area contributed by atoms with Gasteiger partial charge < -0.3 is 23.1 Å². The lowest BCUT2D eigenvalue weighted by atomic mass is 10.0. The molecule has 0 unspecified atom stereocenters. The Morgan fingerprint density at radius 3 is 2.24 bits per heavy atom. The first-order valence-electron chi connectivity index (χ1n) is 7.67. The monoisotopic (exact) mass is 338 g/mol. The van der Waals surface area contributed by atoms with Crippen LogP contribution in [0.1, 0.15) is 27.9 Å². The van der Waals surface area contributed by atoms with Crippen molar-refractivity contribution in [2.24, 2.45) is 0 Å². The number of aromatic nitrogens is 1. The molecule has 126 valence electrons. The van der Waals surface area contributed by atoms with Gasteiger partial charge in [-0.1, -0.05) is 5.16 Å².